The summed E-state index contributed by atoms with van der Waals surface area (Å²) in [5.74, 6) is 1.09. The topological polar surface area (TPSA) is 58.4 Å². The highest BCUT2D eigenvalue weighted by molar-refractivity contribution is 6.04. The van der Waals surface area contributed by atoms with Gasteiger partial charge in [0.05, 0.1) is 0 Å². The highest BCUT2D eigenvalue weighted by atomic mass is 16.2. The van der Waals surface area contributed by atoms with Crippen LogP contribution < -0.4 is 0 Å². The average Bonchev–Trinajstić information content (AvgIpc) is 3.20. The number of imide groups is 1. The zero-order valence-electron chi connectivity index (χ0n) is 14.0. The summed E-state index contributed by atoms with van der Waals surface area (Å²) in [6, 6.07) is 7.60. The van der Waals surface area contributed by atoms with Crippen molar-refractivity contribution < 1.29 is 9.59 Å². The van der Waals surface area contributed by atoms with Crippen LogP contribution in [0.1, 0.15) is 35.7 Å². The highest BCUT2D eigenvalue weighted by Crippen LogP contribution is 2.33. The van der Waals surface area contributed by atoms with E-state index in [-0.39, 0.29) is 23.9 Å². The molecule has 0 saturated carbocycles. The van der Waals surface area contributed by atoms with E-state index in [9.17, 15) is 9.59 Å². The van der Waals surface area contributed by atoms with Gasteiger partial charge in [-0.2, -0.15) is 0 Å². The molecule has 25 heavy (non-hydrogen) atoms. The van der Waals surface area contributed by atoms with E-state index in [0.717, 1.165) is 30.8 Å². The molecule has 1 aromatic heterocycles. The molecule has 128 valence electrons. The Morgan fingerprint density at radius 3 is 2.88 bits per heavy atom. The van der Waals surface area contributed by atoms with E-state index >= 15 is 0 Å². The second-order valence-corrected chi connectivity index (χ2v) is 7.17. The Labute approximate surface area is 146 Å². The van der Waals surface area contributed by atoms with E-state index in [4.69, 9.17) is 0 Å². The normalized spacial score (nSPS) is 25.0. The summed E-state index contributed by atoms with van der Waals surface area (Å²) >= 11 is 0. The minimum Gasteiger partial charge on any atom is -0.335 e. The second kappa shape index (κ2) is 5.44. The minimum absolute atomic E-state index is 0.0526. The van der Waals surface area contributed by atoms with Gasteiger partial charge in [-0.3, -0.25) is 9.69 Å². The number of rotatable bonds is 2. The van der Waals surface area contributed by atoms with E-state index in [1.54, 1.807) is 11.1 Å². The monoisotopic (exact) mass is 336 g/mol. The molecule has 3 aliphatic heterocycles. The van der Waals surface area contributed by atoms with E-state index < -0.39 is 0 Å². The average molecular weight is 336 g/mol. The first-order chi connectivity index (χ1) is 12.2. The number of aryl methyl sites for hydroxylation is 1. The molecule has 0 bridgehead atoms. The summed E-state index contributed by atoms with van der Waals surface area (Å²) in [5, 5.41) is 0. The van der Waals surface area contributed by atoms with Crippen molar-refractivity contribution in [2.24, 2.45) is 0 Å². The minimum atomic E-state index is -0.342. The van der Waals surface area contributed by atoms with Crippen LogP contribution in [0.15, 0.2) is 36.7 Å². The van der Waals surface area contributed by atoms with Gasteiger partial charge < -0.3 is 9.47 Å². The molecule has 5 rings (SSSR count). The lowest BCUT2D eigenvalue weighted by Gasteiger charge is -2.28. The van der Waals surface area contributed by atoms with Crippen LogP contribution in [0.5, 0.6) is 0 Å². The standard InChI is InChI=1S/C19H20N4O2/c24-18-16-10-13-4-1-2-5-14(13)11-22(16)19(25)23(18)12-15-6-3-8-21-9-7-20-17(15)21/h1-2,4-5,7,9,15-16H,3,6,8,10-12H2. The lowest BCUT2D eigenvalue weighted by atomic mass is 9.94. The largest absolute Gasteiger partial charge is 0.335 e. The molecule has 2 aromatic rings. The predicted molar refractivity (Wildman–Crippen MR) is 90.8 cm³/mol. The molecule has 1 saturated heterocycles. The van der Waals surface area contributed by atoms with Gasteiger partial charge in [0.15, 0.2) is 0 Å². The Kier molecular flexibility index (Phi) is 3.20. The van der Waals surface area contributed by atoms with E-state index in [1.165, 1.54) is 10.5 Å². The summed E-state index contributed by atoms with van der Waals surface area (Å²) in [7, 11) is 0. The van der Waals surface area contributed by atoms with Gasteiger partial charge in [0.2, 0.25) is 0 Å². The van der Waals surface area contributed by atoms with E-state index in [1.807, 2.05) is 24.4 Å². The molecular formula is C19H20N4O2. The number of fused-ring (bicyclic) bond motifs is 3. The number of urea groups is 1. The van der Waals surface area contributed by atoms with E-state index in [2.05, 4.69) is 15.6 Å². The maximum atomic E-state index is 12.9. The Morgan fingerprint density at radius 1 is 1.16 bits per heavy atom. The van der Waals surface area contributed by atoms with Crippen LogP contribution in [-0.2, 0) is 24.3 Å². The van der Waals surface area contributed by atoms with E-state index in [0.29, 0.717) is 19.5 Å². The smallest absolute Gasteiger partial charge is 0.327 e. The van der Waals surface area contributed by atoms with Crippen LogP contribution in [0, 0.1) is 0 Å². The van der Waals surface area contributed by atoms with Gasteiger partial charge in [0.1, 0.15) is 11.9 Å². The van der Waals surface area contributed by atoms with Gasteiger partial charge >= 0.3 is 6.03 Å². The third kappa shape index (κ3) is 2.20. The molecule has 2 unspecified atom stereocenters. The summed E-state index contributed by atoms with van der Waals surface area (Å²) in [4.78, 5) is 33.5. The first-order valence-electron chi connectivity index (χ1n) is 8.92. The number of carbonyl (C=O) groups is 2. The van der Waals surface area contributed by atoms with Crippen molar-refractivity contribution in [1.29, 1.82) is 0 Å². The maximum absolute atomic E-state index is 12.9. The van der Waals surface area contributed by atoms with Crippen molar-refractivity contribution in [3.63, 3.8) is 0 Å². The van der Waals surface area contributed by atoms with Crippen molar-refractivity contribution >= 4 is 11.9 Å². The van der Waals surface area contributed by atoms with Crippen molar-refractivity contribution in [3.05, 3.63) is 53.6 Å². The molecule has 0 N–H and O–H groups in total. The molecule has 6 heteroatoms. The van der Waals surface area contributed by atoms with Gasteiger partial charge in [-0.1, -0.05) is 24.3 Å². The van der Waals surface area contributed by atoms with Crippen molar-refractivity contribution in [1.82, 2.24) is 19.4 Å². The quantitative estimate of drug-likeness (QED) is 0.790. The number of carbonyl (C=O) groups excluding carboxylic acids is 2. The Balaban J connectivity index is 1.41. The lowest BCUT2D eigenvalue weighted by Crippen LogP contribution is -2.40. The SMILES string of the molecule is O=C1C2Cc3ccccc3CN2C(=O)N1CC1CCCn2ccnc21. The Bertz CT molecular complexity index is 816. The zero-order valence-corrected chi connectivity index (χ0v) is 14.0. The van der Waals surface area contributed by atoms with Crippen molar-refractivity contribution in [2.45, 2.75) is 44.3 Å². The van der Waals surface area contributed by atoms with Crippen molar-refractivity contribution in [2.75, 3.05) is 6.54 Å². The number of aromatic nitrogens is 2. The van der Waals surface area contributed by atoms with Crippen LogP contribution in [0.4, 0.5) is 4.79 Å². The number of benzene rings is 1. The Morgan fingerprint density at radius 2 is 2.00 bits per heavy atom. The molecule has 2 atom stereocenters. The summed E-state index contributed by atoms with van der Waals surface area (Å²) in [6.45, 7) is 1.94. The number of hydrogen-bond donors (Lipinski definition) is 0. The van der Waals surface area contributed by atoms with Crippen LogP contribution in [-0.4, -0.2) is 43.9 Å². The molecule has 0 aliphatic carbocycles. The fraction of sp³-hybridized carbons (Fsp3) is 0.421. The molecule has 4 heterocycles. The predicted octanol–water partition coefficient (Wildman–Crippen LogP) is 2.15. The fourth-order valence-electron chi connectivity index (χ4n) is 4.44. The maximum Gasteiger partial charge on any atom is 0.327 e. The summed E-state index contributed by atoms with van der Waals surface area (Å²) in [5.41, 5.74) is 2.33. The second-order valence-electron chi connectivity index (χ2n) is 7.17. The van der Waals surface area contributed by atoms with Gasteiger partial charge in [-0.15, -0.1) is 0 Å². The van der Waals surface area contributed by atoms with Crippen LogP contribution in [0.25, 0.3) is 0 Å². The summed E-state index contributed by atoms with van der Waals surface area (Å²) in [6.07, 6.45) is 6.44. The van der Waals surface area contributed by atoms with Crippen molar-refractivity contribution in [3.8, 4) is 0 Å². The van der Waals surface area contributed by atoms with Crippen LogP contribution in [0.3, 0.4) is 0 Å². The molecule has 0 radical (unpaired) electrons. The number of hydrogen-bond acceptors (Lipinski definition) is 3. The molecule has 3 aliphatic rings. The molecule has 0 spiro atoms. The zero-order chi connectivity index (χ0) is 17.0. The van der Waals surface area contributed by atoms with Crippen LogP contribution >= 0.6 is 0 Å². The van der Waals surface area contributed by atoms with Gasteiger partial charge in [0.25, 0.3) is 5.91 Å². The Hall–Kier alpha value is -2.63. The first-order valence-corrected chi connectivity index (χ1v) is 8.92. The van der Waals surface area contributed by atoms with Gasteiger partial charge in [-0.05, 0) is 24.0 Å². The molecule has 3 amide bonds. The third-order valence-electron chi connectivity index (χ3n) is 5.74. The molecule has 6 nitrogen and oxygen atoms in total. The third-order valence-corrected chi connectivity index (χ3v) is 5.74. The lowest BCUT2D eigenvalue weighted by molar-refractivity contribution is -0.128. The fourth-order valence-corrected chi connectivity index (χ4v) is 4.44. The molecule has 1 fully saturated rings. The molecule has 1 aromatic carbocycles. The number of nitrogens with zero attached hydrogens (tertiary/aromatic N) is 4. The highest BCUT2D eigenvalue weighted by Gasteiger charge is 2.47. The summed E-state index contributed by atoms with van der Waals surface area (Å²) < 4.78 is 2.14. The first kappa shape index (κ1) is 14.7. The van der Waals surface area contributed by atoms with Gasteiger partial charge in [-0.25, -0.2) is 9.78 Å². The molecular weight excluding hydrogens is 316 g/mol. The van der Waals surface area contributed by atoms with Gasteiger partial charge in [0, 0.05) is 44.4 Å². The number of imidazole rings is 1. The number of amides is 3. The van der Waals surface area contributed by atoms with Crippen LogP contribution in [0.2, 0.25) is 0 Å².